The van der Waals surface area contributed by atoms with E-state index in [2.05, 4.69) is 22.8 Å². The van der Waals surface area contributed by atoms with Crippen molar-refractivity contribution in [2.45, 2.75) is 39.2 Å². The van der Waals surface area contributed by atoms with Crippen molar-refractivity contribution in [2.24, 2.45) is 5.92 Å². The number of benzene rings is 3. The highest BCUT2D eigenvalue weighted by Crippen LogP contribution is 2.32. The number of hydrogen-bond acceptors (Lipinski definition) is 3. The molecule has 2 N–H and O–H groups in total. The van der Waals surface area contributed by atoms with Gasteiger partial charge in [0, 0.05) is 17.3 Å². The van der Waals surface area contributed by atoms with Crippen LogP contribution >= 0.6 is 0 Å². The van der Waals surface area contributed by atoms with Crippen LogP contribution in [0.25, 0.3) is 11.1 Å². The van der Waals surface area contributed by atoms with Gasteiger partial charge in [0.05, 0.1) is 0 Å². The summed E-state index contributed by atoms with van der Waals surface area (Å²) in [4.78, 5) is 25.0. The third-order valence-corrected chi connectivity index (χ3v) is 5.70. The first kappa shape index (κ1) is 21.6. The molecule has 0 saturated heterocycles. The molecule has 4 rings (SSSR count). The Labute approximate surface area is 188 Å². The molecule has 3 aromatic rings. The molecule has 5 heteroatoms. The number of carbonyl (C=O) groups is 2. The monoisotopic (exact) mass is 428 g/mol. The van der Waals surface area contributed by atoms with Crippen LogP contribution in [0.4, 0.5) is 11.4 Å². The van der Waals surface area contributed by atoms with Gasteiger partial charge in [0.2, 0.25) is 5.91 Å². The number of amides is 2. The molecule has 1 aliphatic carbocycles. The number of ether oxygens (including phenoxy) is 1. The zero-order valence-electron chi connectivity index (χ0n) is 18.4. The Balaban J connectivity index is 1.41. The maximum absolute atomic E-state index is 12.9. The molecule has 1 fully saturated rings. The van der Waals surface area contributed by atoms with E-state index in [1.54, 1.807) is 0 Å². The maximum Gasteiger partial charge on any atom is 0.265 e. The first-order valence-corrected chi connectivity index (χ1v) is 11.1. The highest BCUT2D eigenvalue weighted by Gasteiger charge is 2.30. The maximum atomic E-state index is 12.9. The van der Waals surface area contributed by atoms with Crippen LogP contribution in [-0.4, -0.2) is 17.9 Å². The van der Waals surface area contributed by atoms with Crippen molar-refractivity contribution in [3.05, 3.63) is 78.4 Å². The van der Waals surface area contributed by atoms with E-state index in [0.29, 0.717) is 17.9 Å². The molecule has 32 heavy (non-hydrogen) atoms. The van der Waals surface area contributed by atoms with E-state index >= 15 is 0 Å². The number of hydrogen-bond donors (Lipinski definition) is 2. The summed E-state index contributed by atoms with van der Waals surface area (Å²) >= 11 is 0. The normalized spacial score (nSPS) is 13.8. The lowest BCUT2D eigenvalue weighted by Gasteiger charge is -2.19. The van der Waals surface area contributed by atoms with Gasteiger partial charge in [-0.2, -0.15) is 0 Å². The van der Waals surface area contributed by atoms with Gasteiger partial charge in [0.25, 0.3) is 5.91 Å². The summed E-state index contributed by atoms with van der Waals surface area (Å²) in [5.41, 5.74) is 4.45. The Morgan fingerprint density at radius 1 is 0.875 bits per heavy atom. The molecule has 2 amide bonds. The molecular weight excluding hydrogens is 400 g/mol. The molecule has 5 nitrogen and oxygen atoms in total. The summed E-state index contributed by atoms with van der Waals surface area (Å²) in [5.74, 6) is 0.603. The van der Waals surface area contributed by atoms with E-state index in [1.165, 1.54) is 0 Å². The molecular formula is C27H28N2O3. The number of nitrogens with one attached hydrogen (secondary N) is 2. The van der Waals surface area contributed by atoms with Gasteiger partial charge in [-0.15, -0.1) is 0 Å². The van der Waals surface area contributed by atoms with Crippen LogP contribution in [0.1, 0.15) is 31.7 Å². The summed E-state index contributed by atoms with van der Waals surface area (Å²) in [5, 5.41) is 5.93. The molecule has 3 aromatic carbocycles. The summed E-state index contributed by atoms with van der Waals surface area (Å²) in [7, 11) is 0. The average Bonchev–Trinajstić information content (AvgIpc) is 3.67. The summed E-state index contributed by atoms with van der Waals surface area (Å²) in [6.45, 7) is 3.81. The second-order valence-electron chi connectivity index (χ2n) is 8.14. The van der Waals surface area contributed by atoms with Crippen LogP contribution < -0.4 is 15.4 Å². The summed E-state index contributed by atoms with van der Waals surface area (Å²) < 4.78 is 5.98. The molecule has 0 spiro atoms. The van der Waals surface area contributed by atoms with Crippen LogP contribution in [0.2, 0.25) is 0 Å². The summed E-state index contributed by atoms with van der Waals surface area (Å²) in [6, 6.07) is 23.4. The van der Waals surface area contributed by atoms with Crippen molar-refractivity contribution in [1.82, 2.24) is 0 Å². The third-order valence-electron chi connectivity index (χ3n) is 5.70. The number of carbonyl (C=O) groups excluding carboxylic acids is 2. The lowest BCUT2D eigenvalue weighted by atomic mass is 10.1. The van der Waals surface area contributed by atoms with E-state index in [9.17, 15) is 9.59 Å². The van der Waals surface area contributed by atoms with Crippen LogP contribution in [0.5, 0.6) is 5.75 Å². The first-order chi connectivity index (χ1) is 15.5. The minimum absolute atomic E-state index is 0.0466. The Morgan fingerprint density at radius 3 is 2.12 bits per heavy atom. The Hall–Kier alpha value is -3.60. The van der Waals surface area contributed by atoms with Gasteiger partial charge in [0.1, 0.15) is 5.75 Å². The van der Waals surface area contributed by atoms with Crippen molar-refractivity contribution >= 4 is 23.2 Å². The van der Waals surface area contributed by atoms with E-state index in [0.717, 1.165) is 35.2 Å². The lowest BCUT2D eigenvalue weighted by molar-refractivity contribution is -0.122. The predicted molar refractivity (Wildman–Crippen MR) is 128 cm³/mol. The van der Waals surface area contributed by atoms with E-state index in [-0.39, 0.29) is 17.7 Å². The topological polar surface area (TPSA) is 67.4 Å². The van der Waals surface area contributed by atoms with Gasteiger partial charge in [0.15, 0.2) is 6.10 Å². The van der Waals surface area contributed by atoms with E-state index in [1.807, 2.05) is 74.5 Å². The van der Waals surface area contributed by atoms with Crippen LogP contribution in [0, 0.1) is 12.8 Å². The van der Waals surface area contributed by atoms with Gasteiger partial charge in [-0.1, -0.05) is 55.5 Å². The van der Waals surface area contributed by atoms with Crippen LogP contribution in [0.3, 0.4) is 0 Å². The molecule has 0 aromatic heterocycles. The Bertz CT molecular complexity index is 1090. The first-order valence-electron chi connectivity index (χ1n) is 11.1. The van der Waals surface area contributed by atoms with Crippen molar-refractivity contribution in [3.63, 3.8) is 0 Å². The average molecular weight is 429 g/mol. The Kier molecular flexibility index (Phi) is 6.55. The largest absolute Gasteiger partial charge is 0.481 e. The third kappa shape index (κ3) is 5.17. The molecule has 0 radical (unpaired) electrons. The molecule has 0 heterocycles. The van der Waals surface area contributed by atoms with Gasteiger partial charge >= 0.3 is 0 Å². The second-order valence-corrected chi connectivity index (χ2v) is 8.14. The van der Waals surface area contributed by atoms with E-state index < -0.39 is 6.10 Å². The summed E-state index contributed by atoms with van der Waals surface area (Å²) in [6.07, 6.45) is 1.80. The molecule has 1 aliphatic rings. The zero-order chi connectivity index (χ0) is 22.5. The molecule has 0 aliphatic heterocycles. The fraction of sp³-hybridized carbons (Fsp3) is 0.259. The Morgan fingerprint density at radius 2 is 1.50 bits per heavy atom. The van der Waals surface area contributed by atoms with Crippen molar-refractivity contribution in [2.75, 3.05) is 10.6 Å². The van der Waals surface area contributed by atoms with Crippen molar-refractivity contribution in [3.8, 4) is 16.9 Å². The van der Waals surface area contributed by atoms with Gasteiger partial charge < -0.3 is 15.4 Å². The van der Waals surface area contributed by atoms with Gasteiger partial charge in [-0.05, 0) is 67.1 Å². The molecule has 164 valence electrons. The second kappa shape index (κ2) is 9.69. The minimum atomic E-state index is -0.623. The van der Waals surface area contributed by atoms with Crippen LogP contribution in [-0.2, 0) is 9.59 Å². The fourth-order valence-electron chi connectivity index (χ4n) is 3.54. The quantitative estimate of drug-likeness (QED) is 0.476. The van der Waals surface area contributed by atoms with Gasteiger partial charge in [-0.25, -0.2) is 0 Å². The minimum Gasteiger partial charge on any atom is -0.481 e. The molecule has 0 bridgehead atoms. The molecule has 1 unspecified atom stereocenters. The smallest absolute Gasteiger partial charge is 0.265 e. The fourth-order valence-corrected chi connectivity index (χ4v) is 3.54. The highest BCUT2D eigenvalue weighted by atomic mass is 16.5. The zero-order valence-corrected chi connectivity index (χ0v) is 18.4. The standard InChI is InChI=1S/C27H28N2O3/c1-3-25(32-22-16-14-20(15-17-22)19-8-5-4-6-9-19)27(31)29-24-11-7-10-23(18(24)2)28-26(30)21-12-13-21/h4-11,14-17,21,25H,3,12-13H2,1-2H3,(H,28,30)(H,29,31). The highest BCUT2D eigenvalue weighted by molar-refractivity contribution is 5.98. The number of rotatable bonds is 8. The van der Waals surface area contributed by atoms with Crippen molar-refractivity contribution < 1.29 is 14.3 Å². The van der Waals surface area contributed by atoms with Crippen molar-refractivity contribution in [1.29, 1.82) is 0 Å². The molecule has 1 atom stereocenters. The lowest BCUT2D eigenvalue weighted by Crippen LogP contribution is -2.32. The SMILES string of the molecule is CCC(Oc1ccc(-c2ccccc2)cc1)C(=O)Nc1cccc(NC(=O)C2CC2)c1C. The van der Waals surface area contributed by atoms with E-state index in [4.69, 9.17) is 4.74 Å². The van der Waals surface area contributed by atoms with Crippen LogP contribution in [0.15, 0.2) is 72.8 Å². The predicted octanol–water partition coefficient (Wildman–Crippen LogP) is 5.81. The van der Waals surface area contributed by atoms with Gasteiger partial charge in [-0.3, -0.25) is 9.59 Å². The number of anilines is 2. The molecule has 1 saturated carbocycles.